The molecule has 0 saturated carbocycles. The Morgan fingerprint density at radius 3 is 2.28 bits per heavy atom. The van der Waals surface area contributed by atoms with Gasteiger partial charge in [0.15, 0.2) is 0 Å². The van der Waals surface area contributed by atoms with Crippen LogP contribution in [-0.4, -0.2) is 58.8 Å². The number of rotatable bonds is 5. The van der Waals surface area contributed by atoms with Crippen molar-refractivity contribution in [2.45, 2.75) is 32.5 Å². The zero-order valence-corrected chi connectivity index (χ0v) is 20.0. The minimum Gasteiger partial charge on any atom is -0.413 e. The molecular weight excluding hydrogens is 471 g/mol. The lowest BCUT2D eigenvalue weighted by Gasteiger charge is -2.54. The van der Waals surface area contributed by atoms with E-state index in [2.05, 4.69) is 22.0 Å². The van der Waals surface area contributed by atoms with E-state index in [-0.39, 0.29) is 11.9 Å². The van der Waals surface area contributed by atoms with Gasteiger partial charge in [0.25, 0.3) is 0 Å². The second-order valence-electron chi connectivity index (χ2n) is 9.60. The molecule has 0 N–H and O–H groups in total. The minimum absolute atomic E-state index is 0.0430. The maximum atomic E-state index is 13.6. The summed E-state index contributed by atoms with van der Waals surface area (Å²) < 4.78 is 43.1. The fourth-order valence-electron chi connectivity index (χ4n) is 5.05. The molecule has 2 aliphatic rings. The third kappa shape index (κ3) is 4.95. The molecule has 0 bridgehead atoms. The van der Waals surface area contributed by atoms with Crippen LogP contribution in [0.15, 0.2) is 59.0 Å². The second-order valence-corrected chi connectivity index (χ2v) is 9.60. The summed E-state index contributed by atoms with van der Waals surface area (Å²) in [4.78, 5) is 19.7. The van der Waals surface area contributed by atoms with Crippen molar-refractivity contribution in [2.75, 3.05) is 37.6 Å². The fourth-order valence-corrected chi connectivity index (χ4v) is 5.05. The van der Waals surface area contributed by atoms with Gasteiger partial charge in [0.1, 0.15) is 0 Å². The molecule has 2 fully saturated rings. The second kappa shape index (κ2) is 9.57. The summed E-state index contributed by atoms with van der Waals surface area (Å²) in [5, 5.41) is 6.58. The molecule has 5 rings (SSSR count). The van der Waals surface area contributed by atoms with Crippen molar-refractivity contribution in [2.24, 2.45) is 5.41 Å². The van der Waals surface area contributed by atoms with Crippen LogP contribution in [0.25, 0.3) is 11.5 Å². The highest BCUT2D eigenvalue weighted by Gasteiger charge is 2.45. The number of carbonyl (C=O) groups excluding carboxylic acids is 1. The van der Waals surface area contributed by atoms with E-state index in [1.165, 1.54) is 0 Å². The van der Waals surface area contributed by atoms with E-state index in [1.807, 2.05) is 35.2 Å². The first-order valence-corrected chi connectivity index (χ1v) is 12.1. The minimum atomic E-state index is -4.69. The number of hydrogen-bond acceptors (Lipinski definition) is 5. The lowest BCUT2D eigenvalue weighted by Crippen LogP contribution is -2.61. The maximum absolute atomic E-state index is 13.6. The van der Waals surface area contributed by atoms with E-state index in [9.17, 15) is 18.0 Å². The van der Waals surface area contributed by atoms with Crippen LogP contribution >= 0.6 is 0 Å². The number of urea groups is 1. The lowest BCUT2D eigenvalue weighted by molar-refractivity contribution is -0.156. The number of halogens is 3. The molecule has 2 amide bonds. The maximum Gasteiger partial charge on any atom is 0.470 e. The van der Waals surface area contributed by atoms with Gasteiger partial charge in [-0.2, -0.15) is 13.2 Å². The number of nitrogens with zero attached hydrogens (tertiary/aromatic N) is 5. The SMILES string of the molecule is CCN1CC2(CCN(C(=O)N(Cc3ccc(-c4nnc(C(F)(F)F)o4)cc3)c3ccccc3)CC2)C1. The summed E-state index contributed by atoms with van der Waals surface area (Å²) >= 11 is 0. The molecule has 7 nitrogen and oxygen atoms in total. The Morgan fingerprint density at radius 2 is 1.69 bits per heavy atom. The molecule has 2 saturated heterocycles. The number of aromatic nitrogens is 2. The van der Waals surface area contributed by atoms with E-state index >= 15 is 0 Å². The molecule has 3 heterocycles. The molecule has 3 aromatic rings. The molecule has 2 aromatic carbocycles. The lowest BCUT2D eigenvalue weighted by atomic mass is 9.72. The number of amides is 2. The molecular formula is C26H28F3N5O2. The van der Waals surface area contributed by atoms with Gasteiger partial charge >= 0.3 is 18.1 Å². The predicted octanol–water partition coefficient (Wildman–Crippen LogP) is 5.30. The molecule has 1 aromatic heterocycles. The van der Waals surface area contributed by atoms with E-state index in [0.717, 1.165) is 56.8 Å². The van der Waals surface area contributed by atoms with Gasteiger partial charge in [-0.3, -0.25) is 4.90 Å². The van der Waals surface area contributed by atoms with Gasteiger partial charge in [-0.15, -0.1) is 10.2 Å². The summed E-state index contributed by atoms with van der Waals surface area (Å²) in [6.45, 7) is 7.27. The Labute approximate surface area is 207 Å². The number of para-hydroxylation sites is 1. The van der Waals surface area contributed by atoms with Gasteiger partial charge in [0.05, 0.1) is 6.54 Å². The molecule has 0 atom stereocenters. The molecule has 1 spiro atoms. The summed E-state index contributed by atoms with van der Waals surface area (Å²) in [7, 11) is 0. The summed E-state index contributed by atoms with van der Waals surface area (Å²) in [6.07, 6.45) is -2.67. The quantitative estimate of drug-likeness (QED) is 0.477. The van der Waals surface area contributed by atoms with Gasteiger partial charge in [-0.1, -0.05) is 37.3 Å². The Morgan fingerprint density at radius 1 is 1.03 bits per heavy atom. The number of likely N-dealkylation sites (tertiary alicyclic amines) is 2. The van der Waals surface area contributed by atoms with E-state index < -0.39 is 12.1 Å². The normalized spacial score (nSPS) is 17.7. The summed E-state index contributed by atoms with van der Waals surface area (Å²) in [5.74, 6) is -1.58. The third-order valence-electron chi connectivity index (χ3n) is 7.17. The van der Waals surface area contributed by atoms with Crippen LogP contribution in [0, 0.1) is 5.41 Å². The van der Waals surface area contributed by atoms with E-state index in [4.69, 9.17) is 4.42 Å². The van der Waals surface area contributed by atoms with E-state index in [1.54, 1.807) is 29.2 Å². The van der Waals surface area contributed by atoms with Crippen LogP contribution in [0.4, 0.5) is 23.7 Å². The molecule has 0 unspecified atom stereocenters. The molecule has 36 heavy (non-hydrogen) atoms. The summed E-state index contributed by atoms with van der Waals surface area (Å²) in [5.41, 5.74) is 2.35. The van der Waals surface area contributed by atoms with Gasteiger partial charge in [-0.25, -0.2) is 4.79 Å². The average molecular weight is 500 g/mol. The van der Waals surface area contributed by atoms with Crippen LogP contribution in [0.5, 0.6) is 0 Å². The first-order chi connectivity index (χ1) is 17.3. The fraction of sp³-hybridized carbons (Fsp3) is 0.423. The van der Waals surface area contributed by atoms with Crippen LogP contribution in [0.3, 0.4) is 0 Å². The molecule has 190 valence electrons. The van der Waals surface area contributed by atoms with Gasteiger partial charge in [-0.05, 0) is 54.6 Å². The smallest absolute Gasteiger partial charge is 0.413 e. The monoisotopic (exact) mass is 499 g/mol. The number of hydrogen-bond donors (Lipinski definition) is 0. The third-order valence-corrected chi connectivity index (χ3v) is 7.17. The van der Waals surface area contributed by atoms with Gasteiger partial charge in [0, 0.05) is 37.4 Å². The number of carbonyl (C=O) groups is 1. The van der Waals surface area contributed by atoms with Crippen LogP contribution in [0.2, 0.25) is 0 Å². The first kappa shape index (κ1) is 24.3. The van der Waals surface area contributed by atoms with Crippen molar-refractivity contribution < 1.29 is 22.4 Å². The zero-order valence-electron chi connectivity index (χ0n) is 20.0. The van der Waals surface area contributed by atoms with Crippen LogP contribution < -0.4 is 4.90 Å². The first-order valence-electron chi connectivity index (χ1n) is 12.1. The Balaban J connectivity index is 1.29. The van der Waals surface area contributed by atoms with Gasteiger partial charge < -0.3 is 14.2 Å². The highest BCUT2D eigenvalue weighted by molar-refractivity contribution is 5.92. The standard InChI is InChI=1S/C26H28F3N5O2/c1-2-32-17-25(18-32)12-14-33(15-13-25)24(35)34(21-6-4-3-5-7-21)16-19-8-10-20(11-9-19)22-30-31-23(36-22)26(27,28)29/h3-11H,2,12-18H2,1H3. The van der Waals surface area contributed by atoms with Crippen LogP contribution in [-0.2, 0) is 12.7 Å². The highest BCUT2D eigenvalue weighted by atomic mass is 19.4. The molecule has 2 aliphatic heterocycles. The molecule has 0 radical (unpaired) electrons. The number of anilines is 1. The summed E-state index contributed by atoms with van der Waals surface area (Å²) in [6, 6.07) is 16.2. The van der Waals surface area contributed by atoms with Crippen molar-refractivity contribution in [3.63, 3.8) is 0 Å². The number of piperidine rings is 1. The predicted molar refractivity (Wildman–Crippen MR) is 128 cm³/mol. The van der Waals surface area contributed by atoms with Crippen molar-refractivity contribution in [3.05, 3.63) is 66.1 Å². The average Bonchev–Trinajstić information content (AvgIpc) is 3.38. The van der Waals surface area contributed by atoms with Crippen molar-refractivity contribution in [1.29, 1.82) is 0 Å². The largest absolute Gasteiger partial charge is 0.470 e. The van der Waals surface area contributed by atoms with Crippen molar-refractivity contribution in [3.8, 4) is 11.5 Å². The Kier molecular flexibility index (Phi) is 6.46. The molecule has 0 aliphatic carbocycles. The van der Waals surface area contributed by atoms with Crippen LogP contribution in [0.1, 0.15) is 31.2 Å². The van der Waals surface area contributed by atoms with E-state index in [0.29, 0.717) is 17.5 Å². The number of alkyl halides is 3. The van der Waals surface area contributed by atoms with Crippen molar-refractivity contribution in [1.82, 2.24) is 20.0 Å². The van der Waals surface area contributed by atoms with Gasteiger partial charge in [0.2, 0.25) is 5.89 Å². The Hall–Kier alpha value is -3.40. The molecule has 10 heteroatoms. The van der Waals surface area contributed by atoms with Crippen molar-refractivity contribution >= 4 is 11.7 Å². The zero-order chi connectivity index (χ0) is 25.3. The topological polar surface area (TPSA) is 65.7 Å². The Bertz CT molecular complexity index is 1180. The number of benzene rings is 2. The highest BCUT2D eigenvalue weighted by Crippen LogP contribution is 2.40.